The van der Waals surface area contributed by atoms with Crippen LogP contribution in [0, 0.1) is 0 Å². The first-order chi connectivity index (χ1) is 7.09. The number of hydrogen-bond acceptors (Lipinski definition) is 2. The van der Waals surface area contributed by atoms with Crippen molar-refractivity contribution in [1.29, 1.82) is 0 Å². The van der Waals surface area contributed by atoms with Crippen LogP contribution in [0.4, 0.5) is 0 Å². The predicted molar refractivity (Wildman–Crippen MR) is 58.3 cm³/mol. The fourth-order valence-corrected chi connectivity index (χ4v) is 1.94. The van der Waals surface area contributed by atoms with Crippen LogP contribution in [0.1, 0.15) is 46.0 Å². The van der Waals surface area contributed by atoms with E-state index >= 15 is 0 Å². The summed E-state index contributed by atoms with van der Waals surface area (Å²) in [5, 5.41) is 5.55. The molecule has 1 aliphatic carbocycles. The van der Waals surface area contributed by atoms with Crippen LogP contribution in [0.2, 0.25) is 0 Å². The summed E-state index contributed by atoms with van der Waals surface area (Å²) >= 11 is 0. The van der Waals surface area contributed by atoms with Crippen molar-refractivity contribution < 1.29 is 9.59 Å². The minimum absolute atomic E-state index is 0.0721. The molecule has 0 spiro atoms. The van der Waals surface area contributed by atoms with E-state index in [1.807, 2.05) is 0 Å². The molecule has 4 nitrogen and oxygen atoms in total. The lowest BCUT2D eigenvalue weighted by Gasteiger charge is -2.24. The van der Waals surface area contributed by atoms with Crippen molar-refractivity contribution in [3.8, 4) is 0 Å². The van der Waals surface area contributed by atoms with Crippen LogP contribution in [0.5, 0.6) is 0 Å². The highest BCUT2D eigenvalue weighted by Crippen LogP contribution is 2.17. The van der Waals surface area contributed by atoms with Gasteiger partial charge in [-0.25, -0.2) is 0 Å². The molecule has 0 aromatic rings. The summed E-state index contributed by atoms with van der Waals surface area (Å²) in [6.07, 6.45) is 5.80. The Morgan fingerprint density at radius 3 is 2.33 bits per heavy atom. The van der Waals surface area contributed by atoms with Crippen LogP contribution in [-0.2, 0) is 9.59 Å². The molecule has 1 aliphatic rings. The Labute approximate surface area is 90.8 Å². The molecule has 0 heterocycles. The van der Waals surface area contributed by atoms with Gasteiger partial charge in [-0.15, -0.1) is 0 Å². The van der Waals surface area contributed by atoms with E-state index in [-0.39, 0.29) is 11.8 Å². The molecule has 0 aromatic carbocycles. The summed E-state index contributed by atoms with van der Waals surface area (Å²) in [5.41, 5.74) is 0. The second-order valence-electron chi connectivity index (χ2n) is 4.27. The second kappa shape index (κ2) is 5.73. The number of carbonyl (C=O) groups excluding carboxylic acids is 2. The molecule has 2 N–H and O–H groups in total. The molecule has 4 heteroatoms. The number of amides is 2. The standard InChI is InChI=1S/C11H20N2O2/c1-8(12-9(2)14)11(15)13-10-6-4-3-5-7-10/h8,10H,3-7H2,1-2H3,(H,12,14)(H,13,15)/t8-/m0/s1. The van der Waals surface area contributed by atoms with Crippen molar-refractivity contribution in [1.82, 2.24) is 10.6 Å². The predicted octanol–water partition coefficient (Wildman–Crippen LogP) is 0.960. The van der Waals surface area contributed by atoms with Gasteiger partial charge in [0.2, 0.25) is 11.8 Å². The maximum absolute atomic E-state index is 11.6. The fourth-order valence-electron chi connectivity index (χ4n) is 1.94. The molecule has 1 saturated carbocycles. The van der Waals surface area contributed by atoms with Gasteiger partial charge in [-0.1, -0.05) is 19.3 Å². The van der Waals surface area contributed by atoms with Gasteiger partial charge in [0.1, 0.15) is 6.04 Å². The minimum atomic E-state index is -0.426. The third-order valence-corrected chi connectivity index (χ3v) is 2.76. The Morgan fingerprint density at radius 1 is 1.20 bits per heavy atom. The second-order valence-corrected chi connectivity index (χ2v) is 4.27. The topological polar surface area (TPSA) is 58.2 Å². The molecule has 0 bridgehead atoms. The number of hydrogen-bond donors (Lipinski definition) is 2. The zero-order chi connectivity index (χ0) is 11.3. The van der Waals surface area contributed by atoms with Crippen molar-refractivity contribution >= 4 is 11.8 Å². The Hall–Kier alpha value is -1.06. The van der Waals surface area contributed by atoms with Crippen molar-refractivity contribution in [3.63, 3.8) is 0 Å². The molecule has 0 aromatic heterocycles. The van der Waals surface area contributed by atoms with Crippen molar-refractivity contribution in [2.45, 2.75) is 58.0 Å². The molecule has 0 radical (unpaired) electrons. The van der Waals surface area contributed by atoms with Crippen LogP contribution in [0.15, 0.2) is 0 Å². The summed E-state index contributed by atoms with van der Waals surface area (Å²) in [6, 6.07) is -0.119. The zero-order valence-electron chi connectivity index (χ0n) is 9.51. The molecular formula is C11H20N2O2. The van der Waals surface area contributed by atoms with E-state index in [0.717, 1.165) is 12.8 Å². The first-order valence-electron chi connectivity index (χ1n) is 5.67. The van der Waals surface area contributed by atoms with Gasteiger partial charge in [0, 0.05) is 13.0 Å². The number of rotatable bonds is 3. The van der Waals surface area contributed by atoms with Crippen LogP contribution < -0.4 is 10.6 Å². The summed E-state index contributed by atoms with van der Waals surface area (Å²) in [6.45, 7) is 3.13. The van der Waals surface area contributed by atoms with Crippen molar-refractivity contribution in [2.24, 2.45) is 0 Å². The number of carbonyl (C=O) groups is 2. The number of nitrogens with one attached hydrogen (secondary N) is 2. The first-order valence-corrected chi connectivity index (χ1v) is 5.67. The normalized spacial score (nSPS) is 19.3. The van der Waals surface area contributed by atoms with Crippen molar-refractivity contribution in [2.75, 3.05) is 0 Å². The van der Waals surface area contributed by atoms with E-state index in [9.17, 15) is 9.59 Å². The highest BCUT2D eigenvalue weighted by atomic mass is 16.2. The van der Waals surface area contributed by atoms with Gasteiger partial charge in [0.05, 0.1) is 0 Å². The fraction of sp³-hybridized carbons (Fsp3) is 0.818. The van der Waals surface area contributed by atoms with Crippen LogP contribution >= 0.6 is 0 Å². The van der Waals surface area contributed by atoms with Crippen LogP contribution in [0.3, 0.4) is 0 Å². The van der Waals surface area contributed by atoms with Gasteiger partial charge in [-0.05, 0) is 19.8 Å². The van der Waals surface area contributed by atoms with Gasteiger partial charge in [0.25, 0.3) is 0 Å². The van der Waals surface area contributed by atoms with Gasteiger partial charge >= 0.3 is 0 Å². The van der Waals surface area contributed by atoms with E-state index in [4.69, 9.17) is 0 Å². The van der Waals surface area contributed by atoms with Gasteiger partial charge in [-0.2, -0.15) is 0 Å². The Morgan fingerprint density at radius 2 is 1.80 bits per heavy atom. The Balaban J connectivity index is 2.30. The average Bonchev–Trinajstić information content (AvgIpc) is 2.18. The summed E-state index contributed by atoms with van der Waals surface area (Å²) in [7, 11) is 0. The molecule has 2 amide bonds. The molecule has 86 valence electrons. The Bertz CT molecular complexity index is 235. The maximum Gasteiger partial charge on any atom is 0.242 e. The average molecular weight is 212 g/mol. The Kier molecular flexibility index (Phi) is 4.59. The first kappa shape index (κ1) is 12.0. The van der Waals surface area contributed by atoms with Crippen LogP contribution in [0.25, 0.3) is 0 Å². The monoisotopic (exact) mass is 212 g/mol. The summed E-state index contributed by atoms with van der Waals surface area (Å²) < 4.78 is 0. The van der Waals surface area contributed by atoms with E-state index in [1.165, 1.54) is 26.2 Å². The van der Waals surface area contributed by atoms with Gasteiger partial charge in [-0.3, -0.25) is 9.59 Å². The molecule has 0 unspecified atom stereocenters. The molecule has 1 atom stereocenters. The largest absolute Gasteiger partial charge is 0.352 e. The highest BCUT2D eigenvalue weighted by Gasteiger charge is 2.19. The maximum atomic E-state index is 11.6. The molecule has 1 rings (SSSR count). The molecule has 15 heavy (non-hydrogen) atoms. The van der Waals surface area contributed by atoms with E-state index in [2.05, 4.69) is 10.6 Å². The van der Waals surface area contributed by atoms with Gasteiger partial charge in [0.15, 0.2) is 0 Å². The lowest BCUT2D eigenvalue weighted by atomic mass is 9.95. The van der Waals surface area contributed by atoms with Crippen molar-refractivity contribution in [3.05, 3.63) is 0 Å². The summed E-state index contributed by atoms with van der Waals surface area (Å²) in [4.78, 5) is 22.4. The molecular weight excluding hydrogens is 192 g/mol. The van der Waals surface area contributed by atoms with Gasteiger partial charge < -0.3 is 10.6 Å². The quantitative estimate of drug-likeness (QED) is 0.732. The third-order valence-electron chi connectivity index (χ3n) is 2.76. The third kappa shape index (κ3) is 4.32. The van der Waals surface area contributed by atoms with Crippen LogP contribution in [-0.4, -0.2) is 23.9 Å². The minimum Gasteiger partial charge on any atom is -0.352 e. The van der Waals surface area contributed by atoms with E-state index in [1.54, 1.807) is 6.92 Å². The lowest BCUT2D eigenvalue weighted by molar-refractivity contribution is -0.128. The van der Waals surface area contributed by atoms with E-state index in [0.29, 0.717) is 6.04 Å². The van der Waals surface area contributed by atoms with E-state index < -0.39 is 6.04 Å². The molecule has 0 aliphatic heterocycles. The molecule has 0 saturated heterocycles. The molecule has 1 fully saturated rings. The zero-order valence-corrected chi connectivity index (χ0v) is 9.51. The SMILES string of the molecule is CC(=O)N[C@@H](C)C(=O)NC1CCCCC1. The highest BCUT2D eigenvalue weighted by molar-refractivity contribution is 5.86. The summed E-state index contributed by atoms with van der Waals surface area (Å²) in [5.74, 6) is -0.238. The smallest absolute Gasteiger partial charge is 0.242 e. The lowest BCUT2D eigenvalue weighted by Crippen LogP contribution is -2.48.